The standard InChI is InChI=1S/C23H28N2O4/c1-3-21(9-15-10-22(15)13-23(22,29)12-21)20(28)24-18-6-4-5-17-16(18)7-8-25(19(17)27)11-14(2)26/h4-8,14-15,26,29H,3,9-13H2,1-2H3,(H,24,28)/t14?,15-,21+,22-,23-/m0/s1. The smallest absolute Gasteiger partial charge is 0.258 e. The van der Waals surface area contributed by atoms with E-state index < -0.39 is 17.1 Å². The summed E-state index contributed by atoms with van der Waals surface area (Å²) in [4.78, 5) is 26.2. The number of pyridine rings is 1. The highest BCUT2D eigenvalue weighted by Crippen LogP contribution is 2.84. The number of aliphatic hydroxyl groups is 2. The van der Waals surface area contributed by atoms with Crippen molar-refractivity contribution >= 4 is 22.4 Å². The van der Waals surface area contributed by atoms with Crippen LogP contribution in [0.15, 0.2) is 35.3 Å². The van der Waals surface area contributed by atoms with Gasteiger partial charge < -0.3 is 20.1 Å². The van der Waals surface area contributed by atoms with E-state index in [1.165, 1.54) is 4.57 Å². The summed E-state index contributed by atoms with van der Waals surface area (Å²) in [6.45, 7) is 3.90. The lowest BCUT2D eigenvalue weighted by molar-refractivity contribution is -0.130. The lowest BCUT2D eigenvalue weighted by Gasteiger charge is -2.37. The van der Waals surface area contributed by atoms with Gasteiger partial charge in [0.05, 0.1) is 23.7 Å². The van der Waals surface area contributed by atoms with E-state index in [0.29, 0.717) is 35.2 Å². The molecule has 6 heteroatoms. The van der Waals surface area contributed by atoms with Crippen molar-refractivity contribution in [1.29, 1.82) is 0 Å². The first-order chi connectivity index (χ1) is 13.7. The summed E-state index contributed by atoms with van der Waals surface area (Å²) in [5.74, 6) is 0.411. The minimum Gasteiger partial charge on any atom is -0.392 e. The quantitative estimate of drug-likeness (QED) is 0.725. The Bertz CT molecular complexity index is 1080. The van der Waals surface area contributed by atoms with Crippen molar-refractivity contribution in [2.45, 2.75) is 64.2 Å². The molecule has 1 amide bonds. The number of carbonyl (C=O) groups is 1. The van der Waals surface area contributed by atoms with Gasteiger partial charge in [-0.05, 0) is 63.1 Å². The molecule has 1 spiro atoms. The van der Waals surface area contributed by atoms with Crippen molar-refractivity contribution in [3.05, 3.63) is 40.8 Å². The molecule has 29 heavy (non-hydrogen) atoms. The number of amides is 1. The summed E-state index contributed by atoms with van der Waals surface area (Å²) in [5, 5.41) is 24.8. The minimum absolute atomic E-state index is 0.0542. The van der Waals surface area contributed by atoms with Crippen LogP contribution in [0.5, 0.6) is 0 Å². The highest BCUT2D eigenvalue weighted by Gasteiger charge is 2.83. The van der Waals surface area contributed by atoms with Gasteiger partial charge in [-0.15, -0.1) is 0 Å². The number of benzene rings is 1. The van der Waals surface area contributed by atoms with Crippen LogP contribution in [0.25, 0.3) is 10.8 Å². The van der Waals surface area contributed by atoms with Crippen LogP contribution in [0.3, 0.4) is 0 Å². The number of carbonyl (C=O) groups excluding carboxylic acids is 1. The van der Waals surface area contributed by atoms with Gasteiger partial charge in [0.25, 0.3) is 5.56 Å². The van der Waals surface area contributed by atoms with E-state index in [1.54, 1.807) is 25.3 Å². The van der Waals surface area contributed by atoms with E-state index in [-0.39, 0.29) is 23.4 Å². The number of nitrogens with one attached hydrogen (secondary N) is 1. The number of hydrogen-bond donors (Lipinski definition) is 3. The number of aromatic nitrogens is 1. The average molecular weight is 396 g/mol. The molecule has 3 aliphatic carbocycles. The van der Waals surface area contributed by atoms with Gasteiger partial charge in [0, 0.05) is 28.1 Å². The summed E-state index contributed by atoms with van der Waals surface area (Å²) in [7, 11) is 0. The van der Waals surface area contributed by atoms with Gasteiger partial charge in [0.1, 0.15) is 0 Å². The molecule has 1 aromatic heterocycles. The Morgan fingerprint density at radius 3 is 2.76 bits per heavy atom. The van der Waals surface area contributed by atoms with Crippen molar-refractivity contribution in [3.8, 4) is 0 Å². The first-order valence-corrected chi connectivity index (χ1v) is 10.6. The fourth-order valence-electron chi connectivity index (χ4n) is 5.97. The fraction of sp³-hybridized carbons (Fsp3) is 0.565. The summed E-state index contributed by atoms with van der Waals surface area (Å²) in [6, 6.07) is 7.14. The summed E-state index contributed by atoms with van der Waals surface area (Å²) in [6.07, 6.45) is 5.00. The molecule has 1 aromatic carbocycles. The molecule has 5 atom stereocenters. The molecule has 2 aromatic rings. The molecular formula is C23H28N2O4. The number of anilines is 1. The first kappa shape index (κ1) is 18.8. The van der Waals surface area contributed by atoms with Crippen molar-refractivity contribution in [2.24, 2.45) is 16.7 Å². The molecule has 154 valence electrons. The molecule has 0 saturated heterocycles. The topological polar surface area (TPSA) is 91.6 Å². The zero-order valence-corrected chi connectivity index (χ0v) is 16.9. The lowest BCUT2D eigenvalue weighted by Crippen LogP contribution is -2.43. The van der Waals surface area contributed by atoms with Crippen LogP contribution < -0.4 is 10.9 Å². The van der Waals surface area contributed by atoms with E-state index in [2.05, 4.69) is 5.32 Å². The predicted molar refractivity (Wildman–Crippen MR) is 111 cm³/mol. The molecule has 6 nitrogen and oxygen atoms in total. The van der Waals surface area contributed by atoms with Crippen molar-refractivity contribution in [2.75, 3.05) is 5.32 Å². The molecule has 1 heterocycles. The number of hydrogen-bond acceptors (Lipinski definition) is 4. The summed E-state index contributed by atoms with van der Waals surface area (Å²) >= 11 is 0. The maximum absolute atomic E-state index is 13.4. The monoisotopic (exact) mass is 396 g/mol. The number of rotatable bonds is 5. The number of aliphatic hydroxyl groups excluding tert-OH is 1. The molecule has 3 aliphatic rings. The molecule has 0 radical (unpaired) electrons. The third kappa shape index (κ3) is 2.62. The Morgan fingerprint density at radius 1 is 1.28 bits per heavy atom. The van der Waals surface area contributed by atoms with Gasteiger partial charge >= 0.3 is 0 Å². The SMILES string of the molecule is CC[C@@]1(C(=O)Nc2cccc3c(=O)n(CC(C)O)ccc23)C[C@H]2C[C@]23C[C@@]3(O)C1. The van der Waals surface area contributed by atoms with Crippen molar-refractivity contribution < 1.29 is 15.0 Å². The highest BCUT2D eigenvalue weighted by atomic mass is 16.3. The molecule has 3 saturated carbocycles. The van der Waals surface area contributed by atoms with Gasteiger partial charge in [0.2, 0.25) is 5.91 Å². The number of fused-ring (bicyclic) bond motifs is 1. The second-order valence-electron chi connectivity index (χ2n) is 9.62. The summed E-state index contributed by atoms with van der Waals surface area (Å²) < 4.78 is 1.49. The Balaban J connectivity index is 1.46. The van der Waals surface area contributed by atoms with E-state index in [4.69, 9.17) is 0 Å². The lowest BCUT2D eigenvalue weighted by atomic mass is 9.70. The normalized spacial score (nSPS) is 35.5. The van der Waals surface area contributed by atoms with Crippen LogP contribution in [0.1, 0.15) is 46.0 Å². The van der Waals surface area contributed by atoms with Gasteiger partial charge in [-0.2, -0.15) is 0 Å². The van der Waals surface area contributed by atoms with Gasteiger partial charge in [-0.25, -0.2) is 0 Å². The molecule has 5 rings (SSSR count). The Hall–Kier alpha value is -2.18. The molecule has 3 N–H and O–H groups in total. The number of nitrogens with zero attached hydrogens (tertiary/aromatic N) is 1. The predicted octanol–water partition coefficient (Wildman–Crippen LogP) is 2.65. The highest BCUT2D eigenvalue weighted by molar-refractivity contribution is 6.04. The maximum Gasteiger partial charge on any atom is 0.258 e. The average Bonchev–Trinajstić information content (AvgIpc) is 3.52. The van der Waals surface area contributed by atoms with Crippen LogP contribution in [0, 0.1) is 16.7 Å². The third-order valence-electron chi connectivity index (χ3n) is 7.80. The fourth-order valence-corrected chi connectivity index (χ4v) is 5.97. The van der Waals surface area contributed by atoms with Crippen LogP contribution in [-0.4, -0.2) is 32.4 Å². The zero-order valence-electron chi connectivity index (χ0n) is 16.9. The third-order valence-corrected chi connectivity index (χ3v) is 7.80. The van der Waals surface area contributed by atoms with Gasteiger partial charge in [-0.1, -0.05) is 13.0 Å². The summed E-state index contributed by atoms with van der Waals surface area (Å²) in [5.41, 5.74) is -0.648. The van der Waals surface area contributed by atoms with E-state index >= 15 is 0 Å². The van der Waals surface area contributed by atoms with Crippen LogP contribution in [-0.2, 0) is 11.3 Å². The van der Waals surface area contributed by atoms with Crippen LogP contribution in [0.2, 0.25) is 0 Å². The van der Waals surface area contributed by atoms with Crippen molar-refractivity contribution in [3.63, 3.8) is 0 Å². The van der Waals surface area contributed by atoms with E-state index in [0.717, 1.165) is 19.3 Å². The Labute approximate surface area is 169 Å². The minimum atomic E-state index is -0.656. The second-order valence-corrected chi connectivity index (χ2v) is 9.62. The van der Waals surface area contributed by atoms with Gasteiger partial charge in [0.15, 0.2) is 0 Å². The molecule has 3 fully saturated rings. The van der Waals surface area contributed by atoms with Crippen molar-refractivity contribution in [1.82, 2.24) is 4.57 Å². The molecule has 0 aliphatic heterocycles. The largest absolute Gasteiger partial charge is 0.392 e. The Kier molecular flexibility index (Phi) is 3.84. The molecular weight excluding hydrogens is 368 g/mol. The zero-order chi connectivity index (χ0) is 20.6. The van der Waals surface area contributed by atoms with Gasteiger partial charge in [-0.3, -0.25) is 9.59 Å². The Morgan fingerprint density at radius 2 is 2.07 bits per heavy atom. The molecule has 0 bridgehead atoms. The van der Waals surface area contributed by atoms with E-state index in [1.807, 2.05) is 19.1 Å². The van der Waals surface area contributed by atoms with Crippen LogP contribution >= 0.6 is 0 Å². The molecule has 1 unspecified atom stereocenters. The van der Waals surface area contributed by atoms with E-state index in [9.17, 15) is 19.8 Å². The van der Waals surface area contributed by atoms with Crippen LogP contribution in [0.4, 0.5) is 5.69 Å². The first-order valence-electron chi connectivity index (χ1n) is 10.6. The second kappa shape index (κ2) is 5.92. The maximum atomic E-state index is 13.4.